The van der Waals surface area contributed by atoms with E-state index in [2.05, 4.69) is 32.5 Å². The van der Waals surface area contributed by atoms with Crippen molar-refractivity contribution >= 4 is 41.3 Å². The number of aliphatic imine (C=N–C) groups is 1. The van der Waals surface area contributed by atoms with Crippen LogP contribution in [0, 0.1) is 6.92 Å². The zero-order valence-electron chi connectivity index (χ0n) is 11.5. The molecule has 0 atom stereocenters. The third-order valence-corrected chi connectivity index (χ3v) is 3.38. The molecule has 2 rings (SSSR count). The molecule has 0 saturated heterocycles. The predicted octanol–water partition coefficient (Wildman–Crippen LogP) is 2.33. The summed E-state index contributed by atoms with van der Waals surface area (Å²) >= 11 is 1.69. The second kappa shape index (κ2) is 8.85. The van der Waals surface area contributed by atoms with Crippen LogP contribution in [0.25, 0.3) is 0 Å². The van der Waals surface area contributed by atoms with E-state index in [1.54, 1.807) is 24.6 Å². The van der Waals surface area contributed by atoms with Gasteiger partial charge in [-0.3, -0.25) is 9.98 Å². The number of pyridine rings is 1. The molecule has 0 aromatic carbocycles. The van der Waals surface area contributed by atoms with Gasteiger partial charge in [0.1, 0.15) is 5.01 Å². The minimum atomic E-state index is 0. The van der Waals surface area contributed by atoms with Gasteiger partial charge in [-0.15, -0.1) is 35.3 Å². The smallest absolute Gasteiger partial charge is 0.191 e. The lowest BCUT2D eigenvalue weighted by Crippen LogP contribution is -2.36. The standard InChI is InChI=1S/C13H17N5S.HI/c1-10-7-16-12(19-10)9-18-13(14-2)17-8-11-5-3-4-6-15-11;/h3-7H,8-9H2,1-2H3,(H2,14,17,18);1H. The Morgan fingerprint density at radius 3 is 2.65 bits per heavy atom. The highest BCUT2D eigenvalue weighted by Gasteiger charge is 2.01. The Morgan fingerprint density at radius 1 is 1.25 bits per heavy atom. The van der Waals surface area contributed by atoms with Crippen LogP contribution in [0.1, 0.15) is 15.6 Å². The Kier molecular flexibility index (Phi) is 7.45. The maximum Gasteiger partial charge on any atom is 0.191 e. The molecular weight excluding hydrogens is 385 g/mol. The molecule has 0 radical (unpaired) electrons. The first-order chi connectivity index (χ1) is 9.28. The highest BCUT2D eigenvalue weighted by Crippen LogP contribution is 2.10. The molecule has 0 spiro atoms. The fourth-order valence-electron chi connectivity index (χ4n) is 1.54. The van der Waals surface area contributed by atoms with E-state index in [-0.39, 0.29) is 24.0 Å². The van der Waals surface area contributed by atoms with Crippen LogP contribution in [0.15, 0.2) is 35.6 Å². The molecule has 0 aliphatic rings. The summed E-state index contributed by atoms with van der Waals surface area (Å²) in [6, 6.07) is 5.85. The SMILES string of the molecule is CN=C(NCc1ccccn1)NCc1ncc(C)s1.I. The fourth-order valence-corrected chi connectivity index (χ4v) is 2.27. The van der Waals surface area contributed by atoms with Gasteiger partial charge in [0.2, 0.25) is 0 Å². The lowest BCUT2D eigenvalue weighted by Gasteiger charge is -2.10. The molecule has 2 aromatic heterocycles. The van der Waals surface area contributed by atoms with Gasteiger partial charge in [-0.05, 0) is 19.1 Å². The average molecular weight is 403 g/mol. The number of aromatic nitrogens is 2. The van der Waals surface area contributed by atoms with Crippen LogP contribution in [0.2, 0.25) is 0 Å². The van der Waals surface area contributed by atoms with Crippen LogP contribution in [0.5, 0.6) is 0 Å². The Labute approximate surface area is 140 Å². The first-order valence-corrected chi connectivity index (χ1v) is 6.85. The number of nitrogens with one attached hydrogen (secondary N) is 2. The highest BCUT2D eigenvalue weighted by atomic mass is 127. The van der Waals surface area contributed by atoms with Gasteiger partial charge in [-0.2, -0.15) is 0 Å². The summed E-state index contributed by atoms with van der Waals surface area (Å²) in [6.45, 7) is 3.38. The van der Waals surface area contributed by atoms with Crippen LogP contribution >= 0.6 is 35.3 Å². The second-order valence-corrected chi connectivity index (χ2v) is 5.28. The predicted molar refractivity (Wildman–Crippen MR) is 93.5 cm³/mol. The quantitative estimate of drug-likeness (QED) is 0.468. The first kappa shape index (κ1) is 16.8. The van der Waals surface area contributed by atoms with Crippen molar-refractivity contribution in [3.8, 4) is 0 Å². The molecule has 5 nitrogen and oxygen atoms in total. The van der Waals surface area contributed by atoms with E-state index in [1.165, 1.54) is 4.88 Å². The van der Waals surface area contributed by atoms with E-state index in [9.17, 15) is 0 Å². The molecular formula is C13H18IN5S. The normalized spacial score (nSPS) is 10.8. The number of rotatable bonds is 4. The first-order valence-electron chi connectivity index (χ1n) is 6.03. The van der Waals surface area contributed by atoms with Crippen LogP contribution < -0.4 is 10.6 Å². The minimum Gasteiger partial charge on any atom is -0.351 e. The minimum absolute atomic E-state index is 0. The summed E-state index contributed by atoms with van der Waals surface area (Å²) in [5, 5.41) is 7.50. The van der Waals surface area contributed by atoms with E-state index < -0.39 is 0 Å². The van der Waals surface area contributed by atoms with E-state index in [0.717, 1.165) is 16.7 Å². The van der Waals surface area contributed by atoms with E-state index >= 15 is 0 Å². The Hall–Kier alpha value is -1.22. The lowest BCUT2D eigenvalue weighted by molar-refractivity contribution is 0.791. The Morgan fingerprint density at radius 2 is 2.05 bits per heavy atom. The van der Waals surface area contributed by atoms with E-state index in [0.29, 0.717) is 13.1 Å². The molecule has 0 aliphatic heterocycles. The summed E-state index contributed by atoms with van der Waals surface area (Å²) in [4.78, 5) is 13.9. The van der Waals surface area contributed by atoms with E-state index in [1.807, 2.05) is 24.4 Å². The average Bonchev–Trinajstić information content (AvgIpc) is 2.86. The van der Waals surface area contributed by atoms with Gasteiger partial charge in [0.25, 0.3) is 0 Å². The van der Waals surface area contributed by atoms with Crippen LogP contribution in [-0.2, 0) is 13.1 Å². The largest absolute Gasteiger partial charge is 0.351 e. The van der Waals surface area contributed by atoms with Gasteiger partial charge in [-0.25, -0.2) is 4.98 Å². The van der Waals surface area contributed by atoms with Gasteiger partial charge >= 0.3 is 0 Å². The zero-order valence-corrected chi connectivity index (χ0v) is 14.6. The Bertz CT molecular complexity index is 541. The third kappa shape index (κ3) is 5.41. The molecule has 0 unspecified atom stereocenters. The lowest BCUT2D eigenvalue weighted by atomic mass is 10.3. The number of guanidine groups is 1. The maximum atomic E-state index is 4.30. The number of halogens is 1. The number of nitrogens with zero attached hydrogens (tertiary/aromatic N) is 3. The summed E-state index contributed by atoms with van der Waals surface area (Å²) in [5.74, 6) is 0.749. The van der Waals surface area contributed by atoms with Crippen LogP contribution in [0.3, 0.4) is 0 Å². The summed E-state index contributed by atoms with van der Waals surface area (Å²) in [7, 11) is 1.75. The third-order valence-electron chi connectivity index (χ3n) is 2.46. The summed E-state index contributed by atoms with van der Waals surface area (Å²) in [6.07, 6.45) is 3.66. The highest BCUT2D eigenvalue weighted by molar-refractivity contribution is 14.0. The fraction of sp³-hybridized carbons (Fsp3) is 0.308. The van der Waals surface area contributed by atoms with Crippen molar-refractivity contribution in [2.75, 3.05) is 7.05 Å². The molecule has 0 fully saturated rings. The second-order valence-electron chi connectivity index (χ2n) is 3.97. The van der Waals surface area contributed by atoms with Crippen molar-refractivity contribution in [2.45, 2.75) is 20.0 Å². The van der Waals surface area contributed by atoms with Gasteiger partial charge in [-0.1, -0.05) is 6.07 Å². The van der Waals surface area contributed by atoms with Crippen molar-refractivity contribution < 1.29 is 0 Å². The molecule has 7 heteroatoms. The van der Waals surface area contributed by atoms with Crippen molar-refractivity contribution in [2.24, 2.45) is 4.99 Å². The van der Waals surface area contributed by atoms with Crippen molar-refractivity contribution in [1.82, 2.24) is 20.6 Å². The molecule has 2 N–H and O–H groups in total. The van der Waals surface area contributed by atoms with Crippen molar-refractivity contribution in [3.63, 3.8) is 0 Å². The monoisotopic (exact) mass is 403 g/mol. The molecule has 2 heterocycles. The van der Waals surface area contributed by atoms with Crippen LogP contribution in [0.4, 0.5) is 0 Å². The molecule has 0 aliphatic carbocycles. The van der Waals surface area contributed by atoms with Crippen molar-refractivity contribution in [3.05, 3.63) is 46.2 Å². The van der Waals surface area contributed by atoms with E-state index in [4.69, 9.17) is 0 Å². The number of aryl methyl sites for hydroxylation is 1. The molecule has 0 amide bonds. The molecule has 20 heavy (non-hydrogen) atoms. The summed E-state index contributed by atoms with van der Waals surface area (Å²) < 4.78 is 0. The summed E-state index contributed by atoms with van der Waals surface area (Å²) in [5.41, 5.74) is 0.982. The number of hydrogen-bond donors (Lipinski definition) is 2. The molecule has 0 bridgehead atoms. The Balaban J connectivity index is 0.00000200. The molecule has 2 aromatic rings. The maximum absolute atomic E-state index is 4.30. The van der Waals surface area contributed by atoms with Gasteiger partial charge < -0.3 is 10.6 Å². The topological polar surface area (TPSA) is 62.2 Å². The number of hydrogen-bond acceptors (Lipinski definition) is 4. The van der Waals surface area contributed by atoms with Gasteiger partial charge in [0.15, 0.2) is 5.96 Å². The number of thiazole rings is 1. The van der Waals surface area contributed by atoms with Gasteiger partial charge in [0.05, 0.1) is 18.8 Å². The van der Waals surface area contributed by atoms with Crippen molar-refractivity contribution in [1.29, 1.82) is 0 Å². The molecule has 108 valence electrons. The van der Waals surface area contributed by atoms with Gasteiger partial charge in [0, 0.05) is 24.3 Å². The molecule has 0 saturated carbocycles. The zero-order chi connectivity index (χ0) is 13.5. The van der Waals surface area contributed by atoms with Crippen LogP contribution in [-0.4, -0.2) is 23.0 Å².